The molecule has 5 N–H and O–H groups in total. The Morgan fingerprint density at radius 1 is 1.18 bits per heavy atom. The quantitative estimate of drug-likeness (QED) is 0.200. The van der Waals surface area contributed by atoms with Crippen LogP contribution in [0.5, 0.6) is 5.75 Å². The molecule has 1 aromatic carbocycles. The van der Waals surface area contributed by atoms with Gasteiger partial charge in [-0.15, -0.1) is 0 Å². The number of ketones is 1. The average molecular weight is 389 g/mol. The largest absolute Gasteiger partial charge is 0.511 e. The zero-order valence-electron chi connectivity index (χ0n) is 16.0. The minimum Gasteiger partial charge on any atom is -0.511 e. The summed E-state index contributed by atoms with van der Waals surface area (Å²) in [5.74, 6) is -1.84. The Hall–Kier alpha value is -2.64. The van der Waals surface area contributed by atoms with E-state index in [0.29, 0.717) is 18.4 Å². The molecule has 1 saturated heterocycles. The second kappa shape index (κ2) is 9.52. The lowest BCUT2D eigenvalue weighted by atomic mass is 9.90. The van der Waals surface area contributed by atoms with Gasteiger partial charge in [-0.1, -0.05) is 38.1 Å². The van der Waals surface area contributed by atoms with E-state index < -0.39 is 29.8 Å². The Morgan fingerprint density at radius 3 is 2.43 bits per heavy atom. The molecule has 0 unspecified atom stereocenters. The van der Waals surface area contributed by atoms with Crippen molar-refractivity contribution < 1.29 is 30.0 Å². The fraction of sp³-hybridized carbons (Fsp3) is 0.429. The molecule has 1 heterocycles. The van der Waals surface area contributed by atoms with E-state index in [1.54, 1.807) is 13.0 Å². The number of rotatable bonds is 8. The van der Waals surface area contributed by atoms with Crippen LogP contribution < -0.4 is 5.32 Å². The second-order valence-electron chi connectivity index (χ2n) is 7.24. The number of allylic oxidation sites excluding steroid dienone is 2. The maximum atomic E-state index is 12.7. The standard InChI is InChI=1S/C21H27NO6/c1-12(5-3-4-10-23)11-13(2)18(25)16-20(27)17(22-21(16)28)19(26)14-6-8-15(24)9-7-14/h3-4,6-9,12-13,17,19,23-26H,5,10-11H2,1-2H3,(H,22,28)/b4-3+,18-16+/t12-,13-,17-,19-/m0/s1. The molecule has 7 nitrogen and oxygen atoms in total. The molecule has 0 aliphatic carbocycles. The topological polar surface area (TPSA) is 127 Å². The molecule has 0 saturated carbocycles. The highest BCUT2D eigenvalue weighted by Crippen LogP contribution is 2.29. The third kappa shape index (κ3) is 4.99. The number of Topliss-reactive ketones (excluding diaryl/α,β-unsaturated/α-hetero) is 1. The SMILES string of the molecule is C[C@@H](C/C=C/CO)C[C@H](C)/C(O)=C1\C(=O)N[C@@H]([C@@H](O)c2ccc(O)cc2)C1=O. The van der Waals surface area contributed by atoms with Crippen molar-refractivity contribution in [2.45, 2.75) is 38.8 Å². The summed E-state index contributed by atoms with van der Waals surface area (Å²) in [5.41, 5.74) is 0.0583. The molecule has 0 spiro atoms. The van der Waals surface area contributed by atoms with Gasteiger partial charge in [0.05, 0.1) is 6.61 Å². The molecule has 7 heteroatoms. The molecule has 1 fully saturated rings. The van der Waals surface area contributed by atoms with Crippen LogP contribution in [0.2, 0.25) is 0 Å². The minimum atomic E-state index is -1.29. The minimum absolute atomic E-state index is 0.0211. The van der Waals surface area contributed by atoms with Crippen molar-refractivity contribution in [3.05, 3.63) is 53.3 Å². The Labute approximate surface area is 164 Å². The maximum Gasteiger partial charge on any atom is 0.259 e. The van der Waals surface area contributed by atoms with Gasteiger partial charge in [-0.2, -0.15) is 0 Å². The molecule has 4 atom stereocenters. The van der Waals surface area contributed by atoms with E-state index in [9.17, 15) is 24.9 Å². The van der Waals surface area contributed by atoms with Gasteiger partial charge >= 0.3 is 0 Å². The molecule has 1 amide bonds. The summed E-state index contributed by atoms with van der Waals surface area (Å²) in [4.78, 5) is 25.0. The van der Waals surface area contributed by atoms with Crippen LogP contribution in [0.1, 0.15) is 38.4 Å². The fourth-order valence-corrected chi connectivity index (χ4v) is 3.34. The van der Waals surface area contributed by atoms with Crippen LogP contribution in [0, 0.1) is 11.8 Å². The number of hydrogen-bond donors (Lipinski definition) is 5. The molecular weight excluding hydrogens is 362 g/mol. The highest BCUT2D eigenvalue weighted by atomic mass is 16.3. The van der Waals surface area contributed by atoms with Crippen LogP contribution >= 0.6 is 0 Å². The summed E-state index contributed by atoms with van der Waals surface area (Å²) >= 11 is 0. The molecule has 0 bridgehead atoms. The maximum absolute atomic E-state index is 12.7. The Balaban J connectivity index is 2.14. The molecule has 0 radical (unpaired) electrons. The number of carbonyl (C=O) groups excluding carboxylic acids is 2. The number of aliphatic hydroxyl groups excluding tert-OH is 3. The fourth-order valence-electron chi connectivity index (χ4n) is 3.34. The van der Waals surface area contributed by atoms with Crippen molar-refractivity contribution in [3.63, 3.8) is 0 Å². The van der Waals surface area contributed by atoms with Crippen molar-refractivity contribution in [1.29, 1.82) is 0 Å². The number of benzene rings is 1. The number of phenols is 1. The summed E-state index contributed by atoms with van der Waals surface area (Å²) in [6, 6.07) is 4.49. The number of amides is 1. The molecule has 1 aliphatic rings. The Morgan fingerprint density at radius 2 is 1.82 bits per heavy atom. The summed E-state index contributed by atoms with van der Waals surface area (Å²) in [6.45, 7) is 3.68. The lowest BCUT2D eigenvalue weighted by Crippen LogP contribution is -2.35. The van der Waals surface area contributed by atoms with Gasteiger partial charge < -0.3 is 25.7 Å². The first-order chi connectivity index (χ1) is 13.3. The molecule has 2 rings (SSSR count). The van der Waals surface area contributed by atoms with Crippen LogP contribution in [0.4, 0.5) is 0 Å². The van der Waals surface area contributed by atoms with E-state index in [2.05, 4.69) is 5.32 Å². The van der Waals surface area contributed by atoms with E-state index in [-0.39, 0.29) is 29.6 Å². The Bertz CT molecular complexity index is 768. The number of nitrogens with one attached hydrogen (secondary N) is 1. The van der Waals surface area contributed by atoms with Crippen molar-refractivity contribution in [2.24, 2.45) is 11.8 Å². The van der Waals surface area contributed by atoms with E-state index in [4.69, 9.17) is 5.11 Å². The van der Waals surface area contributed by atoms with E-state index in [0.717, 1.165) is 0 Å². The summed E-state index contributed by atoms with van der Waals surface area (Å²) in [6.07, 6.45) is 3.45. The van der Waals surface area contributed by atoms with Gasteiger partial charge in [0.1, 0.15) is 29.2 Å². The van der Waals surface area contributed by atoms with Crippen molar-refractivity contribution in [3.8, 4) is 5.75 Å². The number of aliphatic hydroxyl groups is 3. The first-order valence-electron chi connectivity index (χ1n) is 9.27. The second-order valence-corrected chi connectivity index (χ2v) is 7.24. The zero-order valence-corrected chi connectivity index (χ0v) is 16.0. The van der Waals surface area contributed by atoms with Gasteiger partial charge in [-0.05, 0) is 36.5 Å². The van der Waals surface area contributed by atoms with Crippen LogP contribution in [-0.4, -0.2) is 44.8 Å². The number of aromatic hydroxyl groups is 1. The predicted molar refractivity (Wildman–Crippen MR) is 103 cm³/mol. The molecular formula is C21H27NO6. The lowest BCUT2D eigenvalue weighted by molar-refractivity contribution is -0.118. The highest BCUT2D eigenvalue weighted by molar-refractivity contribution is 6.27. The van der Waals surface area contributed by atoms with Crippen LogP contribution in [0.3, 0.4) is 0 Å². The highest BCUT2D eigenvalue weighted by Gasteiger charge is 2.43. The van der Waals surface area contributed by atoms with Crippen molar-refractivity contribution in [2.75, 3.05) is 6.61 Å². The van der Waals surface area contributed by atoms with Crippen LogP contribution in [0.15, 0.2) is 47.7 Å². The molecule has 152 valence electrons. The van der Waals surface area contributed by atoms with E-state index >= 15 is 0 Å². The lowest BCUT2D eigenvalue weighted by Gasteiger charge is -2.17. The Kier molecular flexibility index (Phi) is 7.37. The molecule has 1 aromatic rings. The van der Waals surface area contributed by atoms with Crippen LogP contribution in [0.25, 0.3) is 0 Å². The number of hydrogen-bond acceptors (Lipinski definition) is 6. The van der Waals surface area contributed by atoms with Gasteiger partial charge in [0, 0.05) is 5.92 Å². The number of carbonyl (C=O) groups is 2. The summed E-state index contributed by atoms with van der Waals surface area (Å²) in [5, 5.41) is 41.5. The third-order valence-electron chi connectivity index (χ3n) is 4.88. The molecule has 0 aromatic heterocycles. The monoisotopic (exact) mass is 389 g/mol. The van der Waals surface area contributed by atoms with Gasteiger partial charge in [-0.3, -0.25) is 9.59 Å². The first kappa shape index (κ1) is 21.7. The molecule has 1 aliphatic heterocycles. The van der Waals surface area contributed by atoms with Gasteiger partial charge in [-0.25, -0.2) is 0 Å². The summed E-state index contributed by atoms with van der Waals surface area (Å²) in [7, 11) is 0. The average Bonchev–Trinajstić information content (AvgIpc) is 2.95. The smallest absolute Gasteiger partial charge is 0.259 e. The van der Waals surface area contributed by atoms with Crippen molar-refractivity contribution >= 4 is 11.7 Å². The van der Waals surface area contributed by atoms with E-state index in [1.807, 2.05) is 13.0 Å². The van der Waals surface area contributed by atoms with Gasteiger partial charge in [0.2, 0.25) is 0 Å². The zero-order chi connectivity index (χ0) is 20.8. The third-order valence-corrected chi connectivity index (χ3v) is 4.88. The number of phenolic OH excluding ortho intramolecular Hbond substituents is 1. The van der Waals surface area contributed by atoms with Gasteiger partial charge in [0.25, 0.3) is 5.91 Å². The predicted octanol–water partition coefficient (Wildman–Crippen LogP) is 1.91. The van der Waals surface area contributed by atoms with E-state index in [1.165, 1.54) is 24.3 Å². The molecule has 28 heavy (non-hydrogen) atoms. The van der Waals surface area contributed by atoms with Crippen LogP contribution in [-0.2, 0) is 9.59 Å². The van der Waals surface area contributed by atoms with Gasteiger partial charge in [0.15, 0.2) is 5.78 Å². The first-order valence-corrected chi connectivity index (χ1v) is 9.27. The summed E-state index contributed by atoms with van der Waals surface area (Å²) < 4.78 is 0. The van der Waals surface area contributed by atoms with Crippen molar-refractivity contribution in [1.82, 2.24) is 5.32 Å². The normalized spacial score (nSPS) is 22.2.